The molecular weight excluding hydrogens is 328 g/mol. The van der Waals surface area contributed by atoms with Crippen LogP contribution in [0, 0.1) is 0 Å². The van der Waals surface area contributed by atoms with Crippen LogP contribution in [0.25, 0.3) is 10.8 Å². The van der Waals surface area contributed by atoms with Gasteiger partial charge in [-0.3, -0.25) is 4.79 Å². The Bertz CT molecular complexity index is 797. The lowest BCUT2D eigenvalue weighted by Crippen LogP contribution is -2.52. The highest BCUT2D eigenvalue weighted by atomic mass is 16.6. The van der Waals surface area contributed by atoms with E-state index in [0.717, 1.165) is 16.3 Å². The molecule has 0 atom stereocenters. The predicted molar refractivity (Wildman–Crippen MR) is 102 cm³/mol. The smallest absolute Gasteiger partial charge is 0.410 e. The fourth-order valence-corrected chi connectivity index (χ4v) is 3.19. The first-order chi connectivity index (χ1) is 12.3. The van der Waals surface area contributed by atoms with Gasteiger partial charge in [-0.25, -0.2) is 4.79 Å². The van der Waals surface area contributed by atoms with E-state index in [1.807, 2.05) is 49.9 Å². The molecule has 0 aliphatic carbocycles. The number of ether oxygens (including phenoxy) is 1. The highest BCUT2D eigenvalue weighted by Crippen LogP contribution is 2.20. The third-order valence-electron chi connectivity index (χ3n) is 4.51. The van der Waals surface area contributed by atoms with Gasteiger partial charge in [-0.15, -0.1) is 0 Å². The minimum atomic E-state index is -0.502. The van der Waals surface area contributed by atoms with E-state index in [9.17, 15) is 9.59 Å². The number of rotatable bonds is 2. The predicted octanol–water partition coefficient (Wildman–Crippen LogP) is 3.46. The van der Waals surface area contributed by atoms with E-state index in [2.05, 4.69) is 18.2 Å². The molecule has 0 N–H and O–H groups in total. The summed E-state index contributed by atoms with van der Waals surface area (Å²) in [5, 5.41) is 2.27. The average molecular weight is 354 g/mol. The summed E-state index contributed by atoms with van der Waals surface area (Å²) >= 11 is 0. The molecule has 0 bridgehead atoms. The summed E-state index contributed by atoms with van der Waals surface area (Å²) in [5.74, 6) is 0.102. The van der Waals surface area contributed by atoms with Crippen molar-refractivity contribution in [2.24, 2.45) is 0 Å². The Morgan fingerprint density at radius 2 is 1.54 bits per heavy atom. The van der Waals surface area contributed by atoms with Crippen LogP contribution in [-0.2, 0) is 16.0 Å². The van der Waals surface area contributed by atoms with Crippen molar-refractivity contribution in [2.45, 2.75) is 32.8 Å². The van der Waals surface area contributed by atoms with Crippen molar-refractivity contribution >= 4 is 22.8 Å². The second-order valence-corrected chi connectivity index (χ2v) is 7.66. The molecule has 0 radical (unpaired) electrons. The number of piperazine rings is 1. The standard InChI is InChI=1S/C21H26N2O3/c1-21(2,3)26-20(25)23-13-11-22(12-14-23)19(24)15-17-9-6-8-16-7-4-5-10-18(16)17/h4-10H,11-15H2,1-3H3. The van der Waals surface area contributed by atoms with Gasteiger partial charge in [0.15, 0.2) is 0 Å². The van der Waals surface area contributed by atoms with E-state index in [1.54, 1.807) is 4.90 Å². The van der Waals surface area contributed by atoms with Crippen LogP contribution in [0.5, 0.6) is 0 Å². The summed E-state index contributed by atoms with van der Waals surface area (Å²) in [6, 6.07) is 14.2. The minimum absolute atomic E-state index is 0.102. The van der Waals surface area contributed by atoms with Crippen LogP contribution in [0.2, 0.25) is 0 Å². The fourth-order valence-electron chi connectivity index (χ4n) is 3.19. The van der Waals surface area contributed by atoms with Gasteiger partial charge >= 0.3 is 6.09 Å². The lowest BCUT2D eigenvalue weighted by Gasteiger charge is -2.35. The van der Waals surface area contributed by atoms with Gasteiger partial charge in [0.25, 0.3) is 0 Å². The zero-order chi connectivity index (χ0) is 18.7. The summed E-state index contributed by atoms with van der Waals surface area (Å²) in [4.78, 5) is 28.3. The second-order valence-electron chi connectivity index (χ2n) is 7.66. The highest BCUT2D eigenvalue weighted by molar-refractivity contribution is 5.90. The molecule has 2 amide bonds. The molecule has 0 unspecified atom stereocenters. The molecule has 1 aliphatic rings. The van der Waals surface area contributed by atoms with E-state index >= 15 is 0 Å². The Hall–Kier alpha value is -2.56. The number of nitrogens with zero attached hydrogens (tertiary/aromatic N) is 2. The van der Waals surface area contributed by atoms with Crippen LogP contribution in [0.4, 0.5) is 4.79 Å². The maximum atomic E-state index is 12.7. The number of hydrogen-bond donors (Lipinski definition) is 0. The third-order valence-corrected chi connectivity index (χ3v) is 4.51. The molecule has 0 aromatic heterocycles. The summed E-state index contributed by atoms with van der Waals surface area (Å²) < 4.78 is 5.40. The second kappa shape index (κ2) is 7.36. The zero-order valence-corrected chi connectivity index (χ0v) is 15.7. The van der Waals surface area contributed by atoms with Gasteiger partial charge < -0.3 is 14.5 Å². The largest absolute Gasteiger partial charge is 0.444 e. The van der Waals surface area contributed by atoms with E-state index < -0.39 is 5.60 Å². The summed E-state index contributed by atoms with van der Waals surface area (Å²) in [5.41, 5.74) is 0.543. The fraction of sp³-hybridized carbons (Fsp3) is 0.429. The molecule has 1 saturated heterocycles. The minimum Gasteiger partial charge on any atom is -0.444 e. The van der Waals surface area contributed by atoms with Crippen molar-refractivity contribution < 1.29 is 14.3 Å². The van der Waals surface area contributed by atoms with Gasteiger partial charge in [-0.1, -0.05) is 42.5 Å². The van der Waals surface area contributed by atoms with Crippen molar-refractivity contribution in [1.29, 1.82) is 0 Å². The first-order valence-corrected chi connectivity index (χ1v) is 9.06. The van der Waals surface area contributed by atoms with Crippen LogP contribution < -0.4 is 0 Å². The van der Waals surface area contributed by atoms with E-state index in [4.69, 9.17) is 4.74 Å². The highest BCUT2D eigenvalue weighted by Gasteiger charge is 2.27. The number of fused-ring (bicyclic) bond motifs is 1. The molecule has 1 fully saturated rings. The van der Waals surface area contributed by atoms with Crippen LogP contribution in [-0.4, -0.2) is 53.6 Å². The molecule has 1 heterocycles. The molecule has 0 saturated carbocycles. The molecule has 2 aromatic rings. The number of amides is 2. The maximum absolute atomic E-state index is 12.7. The number of carbonyl (C=O) groups is 2. The molecule has 3 rings (SSSR count). The molecule has 5 nitrogen and oxygen atoms in total. The Balaban J connectivity index is 1.59. The monoisotopic (exact) mass is 354 g/mol. The summed E-state index contributed by atoms with van der Waals surface area (Å²) in [6.07, 6.45) is 0.0759. The van der Waals surface area contributed by atoms with E-state index in [-0.39, 0.29) is 12.0 Å². The van der Waals surface area contributed by atoms with Crippen molar-refractivity contribution in [3.05, 3.63) is 48.0 Å². The summed E-state index contributed by atoms with van der Waals surface area (Å²) in [6.45, 7) is 7.68. The topological polar surface area (TPSA) is 49.9 Å². The molecule has 0 spiro atoms. The van der Waals surface area contributed by atoms with Crippen LogP contribution in [0.3, 0.4) is 0 Å². The van der Waals surface area contributed by atoms with Crippen molar-refractivity contribution in [1.82, 2.24) is 9.80 Å². The van der Waals surface area contributed by atoms with Gasteiger partial charge in [-0.05, 0) is 37.1 Å². The van der Waals surface area contributed by atoms with Gasteiger partial charge in [0.05, 0.1) is 6.42 Å². The molecule has 138 valence electrons. The van der Waals surface area contributed by atoms with Gasteiger partial charge in [0, 0.05) is 26.2 Å². The molecule has 2 aromatic carbocycles. The number of benzene rings is 2. The van der Waals surface area contributed by atoms with Gasteiger partial charge in [0.1, 0.15) is 5.60 Å². The Kier molecular flexibility index (Phi) is 5.16. The molecule has 1 aliphatic heterocycles. The maximum Gasteiger partial charge on any atom is 0.410 e. The summed E-state index contributed by atoms with van der Waals surface area (Å²) in [7, 11) is 0. The van der Waals surface area contributed by atoms with Crippen LogP contribution in [0.1, 0.15) is 26.3 Å². The number of carbonyl (C=O) groups excluding carboxylic acids is 2. The third kappa shape index (κ3) is 4.34. The van der Waals surface area contributed by atoms with Crippen molar-refractivity contribution in [3.8, 4) is 0 Å². The van der Waals surface area contributed by atoms with Gasteiger partial charge in [-0.2, -0.15) is 0 Å². The average Bonchev–Trinajstić information content (AvgIpc) is 2.61. The zero-order valence-electron chi connectivity index (χ0n) is 15.7. The Morgan fingerprint density at radius 1 is 0.923 bits per heavy atom. The lowest BCUT2D eigenvalue weighted by molar-refractivity contribution is -0.132. The number of hydrogen-bond acceptors (Lipinski definition) is 3. The first-order valence-electron chi connectivity index (χ1n) is 9.06. The van der Waals surface area contributed by atoms with Gasteiger partial charge in [0.2, 0.25) is 5.91 Å². The van der Waals surface area contributed by atoms with E-state index in [0.29, 0.717) is 32.6 Å². The van der Waals surface area contributed by atoms with Crippen molar-refractivity contribution in [3.63, 3.8) is 0 Å². The normalized spacial score (nSPS) is 15.2. The molecular formula is C21H26N2O3. The quantitative estimate of drug-likeness (QED) is 0.830. The van der Waals surface area contributed by atoms with Crippen LogP contribution >= 0.6 is 0 Å². The molecule has 5 heteroatoms. The molecule has 26 heavy (non-hydrogen) atoms. The SMILES string of the molecule is CC(C)(C)OC(=O)N1CCN(C(=O)Cc2cccc3ccccc23)CC1. The Morgan fingerprint density at radius 3 is 2.23 bits per heavy atom. The van der Waals surface area contributed by atoms with E-state index in [1.165, 1.54) is 0 Å². The lowest BCUT2D eigenvalue weighted by atomic mass is 10.0. The Labute approximate surface area is 154 Å². The van der Waals surface area contributed by atoms with Crippen LogP contribution in [0.15, 0.2) is 42.5 Å². The van der Waals surface area contributed by atoms with Crippen molar-refractivity contribution in [2.75, 3.05) is 26.2 Å². The first kappa shape index (κ1) is 18.2.